The van der Waals surface area contributed by atoms with E-state index in [1.165, 1.54) is 11.1 Å². The molecule has 0 saturated carbocycles. The van der Waals surface area contributed by atoms with Crippen molar-refractivity contribution < 1.29 is 9.47 Å². The summed E-state index contributed by atoms with van der Waals surface area (Å²) in [5, 5.41) is 3.52. The second kappa shape index (κ2) is 7.70. The summed E-state index contributed by atoms with van der Waals surface area (Å²) in [6.07, 6.45) is 0. The third-order valence-corrected chi connectivity index (χ3v) is 3.36. The highest BCUT2D eigenvalue weighted by Gasteiger charge is 2.13. The summed E-state index contributed by atoms with van der Waals surface area (Å²) < 4.78 is 10.8. The fourth-order valence-corrected chi connectivity index (χ4v) is 2.38. The van der Waals surface area contributed by atoms with E-state index in [0.717, 1.165) is 18.0 Å². The Balaban J connectivity index is 2.28. The van der Waals surface area contributed by atoms with Crippen LogP contribution in [-0.2, 0) is 0 Å². The molecule has 1 N–H and O–H groups in total. The number of methoxy groups -OCH3 is 1. The second-order valence-electron chi connectivity index (χ2n) is 4.77. The molecule has 0 amide bonds. The summed E-state index contributed by atoms with van der Waals surface area (Å²) in [5.41, 5.74) is 2.41. The quantitative estimate of drug-likeness (QED) is 0.839. The summed E-state index contributed by atoms with van der Waals surface area (Å²) >= 11 is 0. The molecule has 1 atom stereocenters. The van der Waals surface area contributed by atoms with Crippen LogP contribution in [0.2, 0.25) is 0 Å². The monoisotopic (exact) mass is 285 g/mol. The lowest BCUT2D eigenvalue weighted by Crippen LogP contribution is -2.21. The minimum absolute atomic E-state index is 0.153. The predicted octanol–water partition coefficient (Wildman–Crippen LogP) is 3.79. The highest BCUT2D eigenvalue weighted by molar-refractivity contribution is 5.38. The molecule has 0 aliphatic carbocycles. The van der Waals surface area contributed by atoms with Crippen molar-refractivity contribution in [2.45, 2.75) is 19.9 Å². The molecule has 0 aliphatic rings. The van der Waals surface area contributed by atoms with Crippen LogP contribution in [0.15, 0.2) is 48.5 Å². The Morgan fingerprint density at radius 1 is 0.952 bits per heavy atom. The summed E-state index contributed by atoms with van der Waals surface area (Å²) in [7, 11) is 1.69. The SMILES string of the molecule is CCNC(c1ccc(OCC)cc1)c1cccc(OC)c1. The summed E-state index contributed by atoms with van der Waals surface area (Å²) in [6, 6.07) is 16.6. The van der Waals surface area contributed by atoms with Gasteiger partial charge in [-0.05, 0) is 48.9 Å². The van der Waals surface area contributed by atoms with Crippen molar-refractivity contribution in [1.29, 1.82) is 0 Å². The van der Waals surface area contributed by atoms with Gasteiger partial charge in [-0.3, -0.25) is 0 Å². The highest BCUT2D eigenvalue weighted by atomic mass is 16.5. The fourth-order valence-electron chi connectivity index (χ4n) is 2.38. The van der Waals surface area contributed by atoms with E-state index in [2.05, 4.69) is 36.5 Å². The van der Waals surface area contributed by atoms with Gasteiger partial charge in [0.2, 0.25) is 0 Å². The molecule has 3 nitrogen and oxygen atoms in total. The third-order valence-electron chi connectivity index (χ3n) is 3.36. The van der Waals surface area contributed by atoms with Crippen molar-refractivity contribution in [1.82, 2.24) is 5.32 Å². The summed E-state index contributed by atoms with van der Waals surface area (Å²) in [6.45, 7) is 5.69. The van der Waals surface area contributed by atoms with E-state index in [0.29, 0.717) is 6.61 Å². The first-order chi connectivity index (χ1) is 10.3. The molecular formula is C18H23NO2. The van der Waals surface area contributed by atoms with Crippen LogP contribution in [0.3, 0.4) is 0 Å². The van der Waals surface area contributed by atoms with Crippen LogP contribution < -0.4 is 14.8 Å². The molecule has 2 rings (SSSR count). The lowest BCUT2D eigenvalue weighted by atomic mass is 9.98. The van der Waals surface area contributed by atoms with E-state index < -0.39 is 0 Å². The number of benzene rings is 2. The van der Waals surface area contributed by atoms with E-state index in [9.17, 15) is 0 Å². The van der Waals surface area contributed by atoms with E-state index >= 15 is 0 Å². The molecule has 0 bridgehead atoms. The van der Waals surface area contributed by atoms with Crippen molar-refractivity contribution in [2.75, 3.05) is 20.3 Å². The smallest absolute Gasteiger partial charge is 0.119 e. The van der Waals surface area contributed by atoms with Crippen LogP contribution in [0.1, 0.15) is 31.0 Å². The average Bonchev–Trinajstić information content (AvgIpc) is 2.54. The Labute approximate surface area is 126 Å². The first-order valence-corrected chi connectivity index (χ1v) is 7.38. The summed E-state index contributed by atoms with van der Waals surface area (Å²) in [5.74, 6) is 1.78. The molecule has 0 radical (unpaired) electrons. The maximum atomic E-state index is 5.50. The molecule has 3 heteroatoms. The molecule has 0 aliphatic heterocycles. The molecule has 0 aromatic heterocycles. The van der Waals surface area contributed by atoms with Crippen molar-refractivity contribution in [3.63, 3.8) is 0 Å². The molecular weight excluding hydrogens is 262 g/mol. The average molecular weight is 285 g/mol. The standard InChI is InChI=1S/C18H23NO2/c1-4-19-18(15-7-6-8-17(13-15)20-3)14-9-11-16(12-10-14)21-5-2/h6-13,18-19H,4-5H2,1-3H3. The van der Waals surface area contributed by atoms with Gasteiger partial charge in [0.05, 0.1) is 19.8 Å². The fraction of sp³-hybridized carbons (Fsp3) is 0.333. The van der Waals surface area contributed by atoms with E-state index in [-0.39, 0.29) is 6.04 Å². The van der Waals surface area contributed by atoms with Crippen molar-refractivity contribution in [2.24, 2.45) is 0 Å². The van der Waals surface area contributed by atoms with Gasteiger partial charge in [0.15, 0.2) is 0 Å². The minimum Gasteiger partial charge on any atom is -0.497 e. The van der Waals surface area contributed by atoms with Gasteiger partial charge in [-0.25, -0.2) is 0 Å². The Kier molecular flexibility index (Phi) is 5.64. The third kappa shape index (κ3) is 3.99. The molecule has 0 saturated heterocycles. The maximum Gasteiger partial charge on any atom is 0.119 e. The molecule has 21 heavy (non-hydrogen) atoms. The lowest BCUT2D eigenvalue weighted by Gasteiger charge is -2.20. The molecule has 2 aromatic carbocycles. The van der Waals surface area contributed by atoms with Gasteiger partial charge < -0.3 is 14.8 Å². The van der Waals surface area contributed by atoms with E-state index in [1.807, 2.05) is 31.2 Å². The number of hydrogen-bond acceptors (Lipinski definition) is 3. The molecule has 0 spiro atoms. The van der Waals surface area contributed by atoms with Crippen LogP contribution in [-0.4, -0.2) is 20.3 Å². The maximum absolute atomic E-state index is 5.50. The Bertz CT molecular complexity index is 551. The topological polar surface area (TPSA) is 30.5 Å². The van der Waals surface area contributed by atoms with E-state index in [4.69, 9.17) is 9.47 Å². The van der Waals surface area contributed by atoms with Crippen molar-refractivity contribution >= 4 is 0 Å². The second-order valence-corrected chi connectivity index (χ2v) is 4.77. The van der Waals surface area contributed by atoms with E-state index in [1.54, 1.807) is 7.11 Å². The van der Waals surface area contributed by atoms with Gasteiger partial charge in [0.1, 0.15) is 11.5 Å². The number of rotatable bonds is 7. The molecule has 0 heterocycles. The van der Waals surface area contributed by atoms with Gasteiger partial charge in [-0.1, -0.05) is 31.2 Å². The normalized spacial score (nSPS) is 12.0. The van der Waals surface area contributed by atoms with Crippen LogP contribution in [0.5, 0.6) is 11.5 Å². The zero-order valence-corrected chi connectivity index (χ0v) is 12.9. The predicted molar refractivity (Wildman–Crippen MR) is 86.1 cm³/mol. The first-order valence-electron chi connectivity index (χ1n) is 7.38. The van der Waals surface area contributed by atoms with Crippen LogP contribution in [0, 0.1) is 0 Å². The van der Waals surface area contributed by atoms with Gasteiger partial charge in [-0.15, -0.1) is 0 Å². The Morgan fingerprint density at radius 2 is 1.71 bits per heavy atom. The largest absolute Gasteiger partial charge is 0.497 e. The molecule has 112 valence electrons. The first kappa shape index (κ1) is 15.4. The van der Waals surface area contributed by atoms with Crippen molar-refractivity contribution in [3.8, 4) is 11.5 Å². The number of hydrogen-bond donors (Lipinski definition) is 1. The van der Waals surface area contributed by atoms with Crippen LogP contribution >= 0.6 is 0 Å². The Hall–Kier alpha value is -2.00. The van der Waals surface area contributed by atoms with Gasteiger partial charge >= 0.3 is 0 Å². The highest BCUT2D eigenvalue weighted by Crippen LogP contribution is 2.26. The number of ether oxygens (including phenoxy) is 2. The lowest BCUT2D eigenvalue weighted by molar-refractivity contribution is 0.340. The van der Waals surface area contributed by atoms with Crippen LogP contribution in [0.4, 0.5) is 0 Å². The number of nitrogens with one attached hydrogen (secondary N) is 1. The molecule has 0 fully saturated rings. The molecule has 1 unspecified atom stereocenters. The zero-order valence-electron chi connectivity index (χ0n) is 12.9. The van der Waals surface area contributed by atoms with Crippen molar-refractivity contribution in [3.05, 3.63) is 59.7 Å². The minimum atomic E-state index is 0.153. The molecule has 2 aromatic rings. The van der Waals surface area contributed by atoms with Gasteiger partial charge in [-0.2, -0.15) is 0 Å². The summed E-state index contributed by atoms with van der Waals surface area (Å²) in [4.78, 5) is 0. The van der Waals surface area contributed by atoms with Gasteiger partial charge in [0, 0.05) is 0 Å². The Morgan fingerprint density at radius 3 is 2.33 bits per heavy atom. The van der Waals surface area contributed by atoms with Crippen LogP contribution in [0.25, 0.3) is 0 Å². The van der Waals surface area contributed by atoms with Gasteiger partial charge in [0.25, 0.3) is 0 Å². The zero-order chi connectivity index (χ0) is 15.1.